The number of carbonyl (C=O) groups is 1. The van der Waals surface area contributed by atoms with Gasteiger partial charge in [-0.3, -0.25) is 9.79 Å². The van der Waals surface area contributed by atoms with E-state index in [1.54, 1.807) is 24.2 Å². The number of nitrogens with zero attached hydrogens (tertiary/aromatic N) is 2. The summed E-state index contributed by atoms with van der Waals surface area (Å²) in [5, 5.41) is 0. The molecule has 0 saturated heterocycles. The van der Waals surface area contributed by atoms with E-state index in [4.69, 9.17) is 0 Å². The Bertz CT molecular complexity index is 517. The van der Waals surface area contributed by atoms with E-state index in [-0.39, 0.29) is 11.7 Å². The third-order valence-corrected chi connectivity index (χ3v) is 4.15. The van der Waals surface area contributed by atoms with E-state index in [0.29, 0.717) is 11.3 Å². The Morgan fingerprint density at radius 1 is 1.56 bits per heavy atom. The van der Waals surface area contributed by atoms with E-state index in [9.17, 15) is 9.18 Å². The van der Waals surface area contributed by atoms with E-state index in [1.807, 2.05) is 0 Å². The second-order valence-electron chi connectivity index (χ2n) is 3.79. The van der Waals surface area contributed by atoms with Crippen molar-refractivity contribution in [3.8, 4) is 0 Å². The second kappa shape index (κ2) is 3.07. The number of likely N-dealkylation sites (N-methyl/N-ethyl adjacent to an activating group) is 1. The summed E-state index contributed by atoms with van der Waals surface area (Å²) in [5.74, 6) is 0.269. The van der Waals surface area contributed by atoms with Gasteiger partial charge in [-0.05, 0) is 18.2 Å². The van der Waals surface area contributed by atoms with Gasteiger partial charge in [-0.1, -0.05) is 0 Å². The van der Waals surface area contributed by atoms with Gasteiger partial charge in [-0.2, -0.15) is 0 Å². The van der Waals surface area contributed by atoms with Crippen molar-refractivity contribution in [1.29, 1.82) is 0 Å². The van der Waals surface area contributed by atoms with Gasteiger partial charge in [-0.15, -0.1) is 11.8 Å². The van der Waals surface area contributed by atoms with Crippen LogP contribution in [0.4, 0.5) is 10.1 Å². The molecule has 3 rings (SSSR count). The predicted octanol–water partition coefficient (Wildman–Crippen LogP) is 1.77. The maximum atomic E-state index is 13.3. The number of thioether (sulfide) groups is 1. The monoisotopic (exact) mass is 236 g/mol. The smallest absolute Gasteiger partial charge is 0.269 e. The molecule has 2 aliphatic rings. The zero-order chi connectivity index (χ0) is 11.3. The van der Waals surface area contributed by atoms with Crippen LogP contribution < -0.4 is 4.90 Å². The number of anilines is 1. The normalized spacial score (nSPS) is 26.9. The SMILES string of the molecule is CN1C(=O)C2(N=CCS2)c2cc(F)ccc21. The van der Waals surface area contributed by atoms with Gasteiger partial charge in [0.1, 0.15) is 5.82 Å². The van der Waals surface area contributed by atoms with Crippen molar-refractivity contribution in [3.63, 3.8) is 0 Å². The van der Waals surface area contributed by atoms with Crippen LogP contribution in [0.2, 0.25) is 0 Å². The first-order valence-corrected chi connectivity index (χ1v) is 5.89. The topological polar surface area (TPSA) is 32.7 Å². The van der Waals surface area contributed by atoms with Gasteiger partial charge in [0, 0.05) is 24.6 Å². The third kappa shape index (κ3) is 1.04. The highest BCUT2D eigenvalue weighted by Gasteiger charge is 2.51. The number of rotatable bonds is 0. The molecule has 0 aromatic heterocycles. The van der Waals surface area contributed by atoms with Gasteiger partial charge < -0.3 is 4.90 Å². The van der Waals surface area contributed by atoms with E-state index in [2.05, 4.69) is 4.99 Å². The zero-order valence-electron chi connectivity index (χ0n) is 8.61. The lowest BCUT2D eigenvalue weighted by Gasteiger charge is -2.17. The summed E-state index contributed by atoms with van der Waals surface area (Å²) in [6, 6.07) is 4.41. The van der Waals surface area contributed by atoms with Crippen LogP contribution >= 0.6 is 11.8 Å². The van der Waals surface area contributed by atoms with Gasteiger partial charge in [0.2, 0.25) is 4.87 Å². The number of benzene rings is 1. The highest BCUT2D eigenvalue weighted by atomic mass is 32.2. The molecule has 2 heterocycles. The lowest BCUT2D eigenvalue weighted by Crippen LogP contribution is -2.33. The van der Waals surface area contributed by atoms with E-state index < -0.39 is 4.87 Å². The first kappa shape index (κ1) is 9.84. The van der Waals surface area contributed by atoms with Gasteiger partial charge in [-0.25, -0.2) is 4.39 Å². The van der Waals surface area contributed by atoms with Crippen LogP contribution in [-0.2, 0) is 9.67 Å². The molecule has 2 aliphatic heterocycles. The van der Waals surface area contributed by atoms with Gasteiger partial charge >= 0.3 is 0 Å². The van der Waals surface area contributed by atoms with Crippen molar-refractivity contribution in [1.82, 2.24) is 0 Å². The Morgan fingerprint density at radius 3 is 3.06 bits per heavy atom. The highest BCUT2D eigenvalue weighted by molar-refractivity contribution is 8.01. The molecule has 16 heavy (non-hydrogen) atoms. The quantitative estimate of drug-likeness (QED) is 0.687. The minimum atomic E-state index is -0.924. The lowest BCUT2D eigenvalue weighted by molar-refractivity contribution is -0.119. The molecule has 0 aliphatic carbocycles. The molecule has 0 radical (unpaired) electrons. The van der Waals surface area contributed by atoms with Crippen molar-refractivity contribution in [2.24, 2.45) is 4.99 Å². The third-order valence-electron chi connectivity index (χ3n) is 2.92. The molecular weight excluding hydrogens is 227 g/mol. The zero-order valence-corrected chi connectivity index (χ0v) is 9.42. The Labute approximate surface area is 96.3 Å². The van der Waals surface area contributed by atoms with Crippen molar-refractivity contribution in [2.45, 2.75) is 4.87 Å². The number of carbonyl (C=O) groups excluding carboxylic acids is 1. The van der Waals surface area contributed by atoms with Crippen LogP contribution in [0.3, 0.4) is 0 Å². The molecule has 0 bridgehead atoms. The summed E-state index contributed by atoms with van der Waals surface area (Å²) in [6.45, 7) is 0. The number of aliphatic imine (C=N–C) groups is 1. The standard InChI is InChI=1S/C11H9FN2OS/c1-14-9-3-2-7(12)6-8(9)11(10(14)15)13-4-5-16-11/h2-4,6H,5H2,1H3. The van der Waals surface area contributed by atoms with Crippen LogP contribution in [0.1, 0.15) is 5.56 Å². The van der Waals surface area contributed by atoms with Crippen molar-refractivity contribution < 1.29 is 9.18 Å². The van der Waals surface area contributed by atoms with E-state index in [1.165, 1.54) is 23.9 Å². The summed E-state index contributed by atoms with van der Waals surface area (Å²) < 4.78 is 13.3. The van der Waals surface area contributed by atoms with Crippen LogP contribution in [-0.4, -0.2) is 24.9 Å². The highest BCUT2D eigenvalue weighted by Crippen LogP contribution is 2.51. The summed E-state index contributed by atoms with van der Waals surface area (Å²) in [4.78, 5) is 17.0. The summed E-state index contributed by atoms with van der Waals surface area (Å²) >= 11 is 1.44. The largest absolute Gasteiger partial charge is 0.312 e. The van der Waals surface area contributed by atoms with Crippen molar-refractivity contribution in [2.75, 3.05) is 17.7 Å². The fourth-order valence-corrected chi connectivity index (χ4v) is 3.27. The van der Waals surface area contributed by atoms with E-state index in [0.717, 1.165) is 5.69 Å². The molecule has 1 aromatic carbocycles. The lowest BCUT2D eigenvalue weighted by atomic mass is 10.1. The molecule has 1 aromatic rings. The molecule has 5 heteroatoms. The summed E-state index contributed by atoms with van der Waals surface area (Å²) in [7, 11) is 1.70. The molecule has 3 nitrogen and oxygen atoms in total. The maximum Gasteiger partial charge on any atom is 0.269 e. The van der Waals surface area contributed by atoms with Crippen LogP contribution in [0.15, 0.2) is 23.2 Å². The molecule has 1 amide bonds. The number of hydrogen-bond acceptors (Lipinski definition) is 3. The molecule has 0 saturated carbocycles. The van der Waals surface area contributed by atoms with Gasteiger partial charge in [0.05, 0.1) is 5.69 Å². The molecule has 0 N–H and O–H groups in total. The fourth-order valence-electron chi connectivity index (χ4n) is 2.15. The first-order valence-electron chi connectivity index (χ1n) is 4.91. The number of halogens is 1. The minimum Gasteiger partial charge on any atom is -0.312 e. The van der Waals surface area contributed by atoms with Crippen molar-refractivity contribution >= 4 is 29.6 Å². The summed E-state index contributed by atoms with van der Waals surface area (Å²) in [6.07, 6.45) is 1.72. The van der Waals surface area contributed by atoms with E-state index >= 15 is 0 Å². The van der Waals surface area contributed by atoms with Crippen LogP contribution in [0, 0.1) is 5.82 Å². The minimum absolute atomic E-state index is 0.0909. The average Bonchev–Trinajstić information content (AvgIpc) is 2.83. The first-order chi connectivity index (χ1) is 7.65. The van der Waals surface area contributed by atoms with Gasteiger partial charge in [0.25, 0.3) is 5.91 Å². The molecular formula is C11H9FN2OS. The Balaban J connectivity index is 2.27. The maximum absolute atomic E-state index is 13.3. The Morgan fingerprint density at radius 2 is 2.38 bits per heavy atom. The van der Waals surface area contributed by atoms with Gasteiger partial charge in [0.15, 0.2) is 0 Å². The average molecular weight is 236 g/mol. The molecule has 1 atom stereocenters. The molecule has 82 valence electrons. The van der Waals surface area contributed by atoms with Crippen molar-refractivity contribution in [3.05, 3.63) is 29.6 Å². The molecule has 0 fully saturated rings. The van der Waals surface area contributed by atoms with Crippen LogP contribution in [0.25, 0.3) is 0 Å². The number of fused-ring (bicyclic) bond motifs is 2. The number of amides is 1. The Hall–Kier alpha value is -1.36. The Kier molecular flexibility index (Phi) is 1.89. The predicted molar refractivity (Wildman–Crippen MR) is 62.4 cm³/mol. The van der Waals surface area contributed by atoms with Crippen LogP contribution in [0.5, 0.6) is 0 Å². The molecule has 1 unspecified atom stereocenters. The fraction of sp³-hybridized carbons (Fsp3) is 0.273. The molecule has 1 spiro atoms. The number of hydrogen-bond donors (Lipinski definition) is 0. The second-order valence-corrected chi connectivity index (χ2v) is 5.01. The summed E-state index contributed by atoms with van der Waals surface area (Å²) in [5.41, 5.74) is 1.41.